The number of ether oxygens (including phenoxy) is 1. The Hall–Kier alpha value is -1.74. The van der Waals surface area contributed by atoms with Gasteiger partial charge in [-0.05, 0) is 35.9 Å². The van der Waals surface area contributed by atoms with Gasteiger partial charge in [-0.1, -0.05) is 26.0 Å². The first-order valence-corrected chi connectivity index (χ1v) is 9.17. The zero-order valence-corrected chi connectivity index (χ0v) is 16.0. The van der Waals surface area contributed by atoms with E-state index >= 15 is 0 Å². The summed E-state index contributed by atoms with van der Waals surface area (Å²) in [5, 5.41) is 28.0. The van der Waals surface area contributed by atoms with E-state index in [0.29, 0.717) is 29.6 Å². The first-order chi connectivity index (χ1) is 12.8. The summed E-state index contributed by atoms with van der Waals surface area (Å²) in [4.78, 5) is 24.9. The Morgan fingerprint density at radius 2 is 2.04 bits per heavy atom. The van der Waals surface area contributed by atoms with Gasteiger partial charge < -0.3 is 24.6 Å². The summed E-state index contributed by atoms with van der Waals surface area (Å²) in [6.07, 6.45) is -0.622. The van der Waals surface area contributed by atoms with Crippen LogP contribution in [-0.4, -0.2) is 53.4 Å². The van der Waals surface area contributed by atoms with E-state index < -0.39 is 31.7 Å². The van der Waals surface area contributed by atoms with Crippen molar-refractivity contribution >= 4 is 24.3 Å². The Morgan fingerprint density at radius 1 is 1.33 bits per heavy atom. The van der Waals surface area contributed by atoms with E-state index in [2.05, 4.69) is 0 Å². The molecule has 1 aromatic rings. The van der Waals surface area contributed by atoms with Crippen molar-refractivity contribution in [1.82, 2.24) is 0 Å². The molecule has 0 saturated heterocycles. The lowest BCUT2D eigenvalue weighted by Gasteiger charge is -2.20. The van der Waals surface area contributed by atoms with Gasteiger partial charge in [-0.3, -0.25) is 9.59 Å². The normalized spacial score (nSPS) is 15.6. The minimum atomic E-state index is -1.11. The van der Waals surface area contributed by atoms with Crippen molar-refractivity contribution in [3.8, 4) is 0 Å². The van der Waals surface area contributed by atoms with Gasteiger partial charge in [0.15, 0.2) is 5.78 Å². The van der Waals surface area contributed by atoms with E-state index in [1.54, 1.807) is 19.1 Å². The minimum Gasteiger partial charge on any atom is -0.463 e. The average molecular weight is 378 g/mol. The smallest absolute Gasteiger partial charge is 0.463 e. The van der Waals surface area contributed by atoms with Crippen molar-refractivity contribution in [1.29, 1.82) is 0 Å². The van der Waals surface area contributed by atoms with Crippen molar-refractivity contribution in [3.05, 3.63) is 28.8 Å². The van der Waals surface area contributed by atoms with E-state index in [4.69, 9.17) is 14.5 Å². The fourth-order valence-electron chi connectivity index (χ4n) is 3.29. The maximum absolute atomic E-state index is 12.7. The van der Waals surface area contributed by atoms with Crippen LogP contribution in [0.25, 0.3) is 0 Å². The van der Waals surface area contributed by atoms with Crippen LogP contribution in [-0.2, 0) is 20.8 Å². The van der Waals surface area contributed by atoms with Crippen molar-refractivity contribution in [2.45, 2.75) is 46.3 Å². The molecule has 0 amide bonds. The Balaban J connectivity index is 2.02. The maximum Gasteiger partial charge on any atom is 0.492 e. The maximum atomic E-state index is 12.7. The molecule has 0 aromatic heterocycles. The average Bonchev–Trinajstić information content (AvgIpc) is 3.01. The summed E-state index contributed by atoms with van der Waals surface area (Å²) in [5.74, 6) is -1.11. The number of benzene rings is 1. The van der Waals surface area contributed by atoms with Crippen LogP contribution < -0.4 is 5.46 Å². The molecular formula is C19H27BO7. The highest BCUT2D eigenvalue weighted by molar-refractivity contribution is 6.62. The molecule has 148 valence electrons. The highest BCUT2D eigenvalue weighted by atomic mass is 16.5. The number of hydrogen-bond donors (Lipinski definition) is 3. The molecule has 0 spiro atoms. The molecule has 1 aromatic carbocycles. The summed E-state index contributed by atoms with van der Waals surface area (Å²) in [6.45, 7) is 5.10. The summed E-state index contributed by atoms with van der Waals surface area (Å²) < 4.78 is 10.2. The second-order valence-electron chi connectivity index (χ2n) is 7.25. The second-order valence-corrected chi connectivity index (χ2v) is 7.25. The first-order valence-electron chi connectivity index (χ1n) is 9.17. The van der Waals surface area contributed by atoms with Gasteiger partial charge in [0.2, 0.25) is 0 Å². The van der Waals surface area contributed by atoms with Gasteiger partial charge in [-0.15, -0.1) is 0 Å². The van der Waals surface area contributed by atoms with Gasteiger partial charge in [0.05, 0.1) is 19.1 Å². The predicted octanol–water partition coefficient (Wildman–Crippen LogP) is 0.344. The lowest BCUT2D eigenvalue weighted by molar-refractivity contribution is -0.154. The number of Topliss-reactive ketones (excluding diaryl/α,β-unsaturated/α-hetero) is 1. The molecule has 1 aliphatic heterocycles. The molecule has 2 atom stereocenters. The SMILES string of the molecule is Cc1c(C(=O)CC[C@H](C(=O)OC[C@H](O)CO)C(C)C)ccc2c1B(O)OC2. The number of ketones is 1. The number of hydrogen-bond acceptors (Lipinski definition) is 7. The number of fused-ring (bicyclic) bond motifs is 1. The third-order valence-corrected chi connectivity index (χ3v) is 4.97. The lowest BCUT2D eigenvalue weighted by atomic mass is 9.74. The predicted molar refractivity (Wildman–Crippen MR) is 99.5 cm³/mol. The first kappa shape index (κ1) is 21.6. The van der Waals surface area contributed by atoms with Gasteiger partial charge in [-0.25, -0.2) is 0 Å². The Bertz CT molecular complexity index is 689. The molecule has 0 saturated carbocycles. The number of carbonyl (C=O) groups is 2. The van der Waals surface area contributed by atoms with E-state index in [9.17, 15) is 19.7 Å². The molecule has 0 fully saturated rings. The Labute approximate surface area is 159 Å². The monoisotopic (exact) mass is 378 g/mol. The van der Waals surface area contributed by atoms with Crippen molar-refractivity contribution in [2.75, 3.05) is 13.2 Å². The van der Waals surface area contributed by atoms with Crippen LogP contribution in [0.2, 0.25) is 0 Å². The van der Waals surface area contributed by atoms with E-state index in [-0.39, 0.29) is 24.7 Å². The summed E-state index contributed by atoms with van der Waals surface area (Å²) in [6, 6.07) is 3.52. The number of aliphatic hydroxyl groups is 2. The van der Waals surface area contributed by atoms with E-state index in [1.807, 2.05) is 13.8 Å². The molecule has 7 nitrogen and oxygen atoms in total. The molecule has 0 radical (unpaired) electrons. The van der Waals surface area contributed by atoms with Crippen LogP contribution in [0.5, 0.6) is 0 Å². The van der Waals surface area contributed by atoms with Crippen LogP contribution in [0.15, 0.2) is 12.1 Å². The van der Waals surface area contributed by atoms with Crippen molar-refractivity contribution in [3.63, 3.8) is 0 Å². The van der Waals surface area contributed by atoms with E-state index in [0.717, 1.165) is 5.56 Å². The topological polar surface area (TPSA) is 113 Å². The number of esters is 1. The van der Waals surface area contributed by atoms with E-state index in [1.165, 1.54) is 0 Å². The molecule has 3 N–H and O–H groups in total. The highest BCUT2D eigenvalue weighted by Gasteiger charge is 2.31. The third-order valence-electron chi connectivity index (χ3n) is 4.97. The quantitative estimate of drug-likeness (QED) is 0.323. The van der Waals surface area contributed by atoms with Crippen LogP contribution in [0, 0.1) is 18.8 Å². The van der Waals surface area contributed by atoms with Crippen LogP contribution >= 0.6 is 0 Å². The number of aliphatic hydroxyl groups excluding tert-OH is 2. The van der Waals surface area contributed by atoms with Crippen molar-refractivity contribution < 1.29 is 34.2 Å². The standard InChI is InChI=1S/C19H27BO7/c1-11(2)15(19(24)26-10-14(22)8-21)6-7-17(23)16-5-4-13-9-27-20(25)18(13)12(16)3/h4-5,11,14-15,21-22,25H,6-10H2,1-3H3/t14-,15+/m1/s1. The largest absolute Gasteiger partial charge is 0.492 e. The fraction of sp³-hybridized carbons (Fsp3) is 0.579. The fourth-order valence-corrected chi connectivity index (χ4v) is 3.29. The number of rotatable bonds is 9. The van der Waals surface area contributed by atoms with Gasteiger partial charge in [-0.2, -0.15) is 0 Å². The van der Waals surface area contributed by atoms with Gasteiger partial charge in [0.1, 0.15) is 12.7 Å². The van der Waals surface area contributed by atoms with Crippen LogP contribution in [0.3, 0.4) is 0 Å². The second kappa shape index (κ2) is 9.46. The third kappa shape index (κ3) is 5.16. The molecule has 2 rings (SSSR count). The minimum absolute atomic E-state index is 0.0343. The zero-order chi connectivity index (χ0) is 20.1. The van der Waals surface area contributed by atoms with Crippen LogP contribution in [0.4, 0.5) is 0 Å². The molecule has 0 unspecified atom stereocenters. The Morgan fingerprint density at radius 3 is 2.67 bits per heavy atom. The van der Waals surface area contributed by atoms with Crippen LogP contribution in [0.1, 0.15) is 48.2 Å². The lowest BCUT2D eigenvalue weighted by Crippen LogP contribution is -2.32. The molecule has 0 bridgehead atoms. The Kier molecular flexibility index (Phi) is 7.55. The molecular weight excluding hydrogens is 351 g/mol. The zero-order valence-electron chi connectivity index (χ0n) is 16.0. The van der Waals surface area contributed by atoms with Gasteiger partial charge >= 0.3 is 13.1 Å². The molecule has 8 heteroatoms. The van der Waals surface area contributed by atoms with Gasteiger partial charge in [0.25, 0.3) is 0 Å². The molecule has 1 aliphatic rings. The summed E-state index contributed by atoms with van der Waals surface area (Å²) >= 11 is 0. The number of carbonyl (C=O) groups excluding carboxylic acids is 2. The summed E-state index contributed by atoms with van der Waals surface area (Å²) in [7, 11) is -1.01. The van der Waals surface area contributed by atoms with Gasteiger partial charge in [0, 0.05) is 12.0 Å². The van der Waals surface area contributed by atoms with Crippen molar-refractivity contribution in [2.24, 2.45) is 11.8 Å². The highest BCUT2D eigenvalue weighted by Crippen LogP contribution is 2.23. The summed E-state index contributed by atoms with van der Waals surface area (Å²) in [5.41, 5.74) is 2.75. The molecule has 27 heavy (non-hydrogen) atoms. The molecule has 0 aliphatic carbocycles. The molecule has 1 heterocycles.